The highest BCUT2D eigenvalue weighted by Crippen LogP contribution is 2.45. The average Bonchev–Trinajstić information content (AvgIpc) is 2.71. The van der Waals surface area contributed by atoms with Crippen molar-refractivity contribution < 1.29 is 13.0 Å². The molecule has 1 atom stereocenters. The maximum absolute atomic E-state index is 11.9. The van der Waals surface area contributed by atoms with Gasteiger partial charge in [0.05, 0.1) is 16.4 Å². The van der Waals surface area contributed by atoms with Crippen LogP contribution >= 0.6 is 0 Å². The molecule has 1 aliphatic carbocycles. The Hall–Kier alpha value is -2.44. The summed E-state index contributed by atoms with van der Waals surface area (Å²) >= 11 is 0. The van der Waals surface area contributed by atoms with Gasteiger partial charge in [0.2, 0.25) is 0 Å². The van der Waals surface area contributed by atoms with Crippen molar-refractivity contribution in [3.63, 3.8) is 0 Å². The van der Waals surface area contributed by atoms with Crippen LogP contribution in [0.15, 0.2) is 35.3 Å². The number of likely N-dealkylation sites (N-methyl/N-ethyl adjacent to an activating group) is 1. The van der Waals surface area contributed by atoms with Crippen LogP contribution in [0.2, 0.25) is 0 Å². The van der Waals surface area contributed by atoms with Crippen LogP contribution in [0.3, 0.4) is 0 Å². The first-order valence-corrected chi connectivity index (χ1v) is 14.5. The summed E-state index contributed by atoms with van der Waals surface area (Å²) in [4.78, 5) is 7.42. The van der Waals surface area contributed by atoms with Gasteiger partial charge in [0.1, 0.15) is 5.75 Å². The van der Waals surface area contributed by atoms with Gasteiger partial charge in [-0.05, 0) is 110 Å². The molecule has 5 rings (SSSR count). The van der Waals surface area contributed by atoms with Crippen molar-refractivity contribution >= 4 is 27.5 Å². The average molecular weight is 507 g/mol. The van der Waals surface area contributed by atoms with Crippen molar-refractivity contribution in [2.45, 2.75) is 84.2 Å². The summed E-state index contributed by atoms with van der Waals surface area (Å²) in [6.45, 7) is 18.3. The van der Waals surface area contributed by atoms with Gasteiger partial charge in [-0.1, -0.05) is 26.8 Å². The normalized spacial score (nSPS) is 22.8. The van der Waals surface area contributed by atoms with Gasteiger partial charge in [0, 0.05) is 23.2 Å². The molecule has 0 aromatic heterocycles. The molecule has 1 N–H and O–H groups in total. The molecular formula is C30H38N2O3S. The lowest BCUT2D eigenvalue weighted by Crippen LogP contribution is -2.46. The van der Waals surface area contributed by atoms with E-state index in [4.69, 9.17) is 4.99 Å². The number of anilines is 1. The number of fused-ring (bicyclic) bond motifs is 4. The summed E-state index contributed by atoms with van der Waals surface area (Å²) in [6.07, 6.45) is 5.25. The van der Waals surface area contributed by atoms with Crippen LogP contribution in [0.5, 0.6) is 0 Å². The van der Waals surface area contributed by atoms with Gasteiger partial charge in [-0.15, -0.1) is 0 Å². The van der Waals surface area contributed by atoms with Crippen molar-refractivity contribution in [2.75, 3.05) is 17.2 Å². The third-order valence-corrected chi connectivity index (χ3v) is 8.97. The Bertz CT molecular complexity index is 1550. The second-order valence-electron chi connectivity index (χ2n) is 12.5. The quantitative estimate of drug-likeness (QED) is 0.598. The fraction of sp³-hybridized carbons (Fsp3) is 0.500. The zero-order valence-electron chi connectivity index (χ0n) is 22.7. The summed E-state index contributed by atoms with van der Waals surface area (Å²) in [5.74, 6) is 0.0473. The van der Waals surface area contributed by atoms with E-state index in [-0.39, 0.29) is 22.2 Å². The minimum atomic E-state index is -4.17. The Kier molecular flexibility index (Phi) is 5.45. The summed E-state index contributed by atoms with van der Waals surface area (Å²) < 4.78 is 33.6. The highest BCUT2D eigenvalue weighted by atomic mass is 32.2. The van der Waals surface area contributed by atoms with Crippen LogP contribution in [-0.4, -0.2) is 36.3 Å². The lowest BCUT2D eigenvalue weighted by atomic mass is 9.70. The van der Waals surface area contributed by atoms with Crippen molar-refractivity contribution in [1.29, 1.82) is 0 Å². The molecule has 0 saturated carbocycles. The Labute approximate surface area is 215 Å². The van der Waals surface area contributed by atoms with E-state index in [9.17, 15) is 13.0 Å². The lowest BCUT2D eigenvalue weighted by Gasteiger charge is -2.44. The summed E-state index contributed by atoms with van der Waals surface area (Å²) in [6, 6.07) is 8.98. The Morgan fingerprint density at radius 1 is 1.06 bits per heavy atom. The SMILES string of the molecule is CCN1c2cc3c(cc2C(CS(=O)(=O)O)=CC1(C)C)C=c1cc2c(cc1C3(C)C)=NC(C)(C)CC2C. The molecule has 192 valence electrons. The van der Waals surface area contributed by atoms with Gasteiger partial charge in [-0.25, -0.2) is 0 Å². The lowest BCUT2D eigenvalue weighted by molar-refractivity contribution is 0.408. The fourth-order valence-electron chi connectivity index (χ4n) is 6.85. The van der Waals surface area contributed by atoms with Gasteiger partial charge in [-0.3, -0.25) is 9.55 Å². The van der Waals surface area contributed by atoms with Gasteiger partial charge in [0.25, 0.3) is 10.1 Å². The topological polar surface area (TPSA) is 70.0 Å². The van der Waals surface area contributed by atoms with Crippen molar-refractivity contribution in [3.8, 4) is 0 Å². The number of hydrogen-bond donors (Lipinski definition) is 1. The Morgan fingerprint density at radius 2 is 1.75 bits per heavy atom. The molecule has 5 nitrogen and oxygen atoms in total. The van der Waals surface area contributed by atoms with E-state index in [1.165, 1.54) is 21.9 Å². The van der Waals surface area contributed by atoms with E-state index in [1.807, 2.05) is 6.08 Å². The maximum Gasteiger partial charge on any atom is 0.269 e. The molecule has 0 spiro atoms. The molecule has 0 fully saturated rings. The van der Waals surface area contributed by atoms with Gasteiger partial charge in [0.15, 0.2) is 0 Å². The highest BCUT2D eigenvalue weighted by Gasteiger charge is 2.37. The molecule has 36 heavy (non-hydrogen) atoms. The summed E-state index contributed by atoms with van der Waals surface area (Å²) in [5.41, 5.74) is 6.75. The number of hydrogen-bond acceptors (Lipinski definition) is 4. The van der Waals surface area contributed by atoms with Crippen LogP contribution in [0, 0.1) is 0 Å². The Morgan fingerprint density at radius 3 is 2.39 bits per heavy atom. The van der Waals surface area contributed by atoms with Crippen LogP contribution in [-0.2, 0) is 15.5 Å². The number of nitrogens with zero attached hydrogens (tertiary/aromatic N) is 2. The number of rotatable bonds is 3. The van der Waals surface area contributed by atoms with Crippen LogP contribution in [0.1, 0.15) is 95.5 Å². The smallest absolute Gasteiger partial charge is 0.269 e. The predicted octanol–water partition coefficient (Wildman–Crippen LogP) is 4.95. The first-order chi connectivity index (χ1) is 16.5. The van der Waals surface area contributed by atoms with Crippen LogP contribution < -0.4 is 15.5 Å². The third-order valence-electron chi connectivity index (χ3n) is 8.30. The molecule has 1 unspecified atom stereocenters. The number of benzene rings is 2. The standard InChI is InChI=1S/C30H38N2O3S/c1-9-32-27-14-25-20(12-23(27)21(16-29(32,5)6)17-36(33,34)35)10-19-11-22-18(2)15-28(3,4)31-26(22)13-24(19)30(25,7)8/h10-14,16,18H,9,15,17H2,1-8H3,(H,33,34,35). The third kappa shape index (κ3) is 4.03. The second kappa shape index (κ2) is 7.78. The largest absolute Gasteiger partial charge is 0.363 e. The molecule has 0 amide bonds. The molecule has 0 saturated heterocycles. The molecule has 3 aliphatic rings. The monoisotopic (exact) mass is 506 g/mol. The van der Waals surface area contributed by atoms with Crippen molar-refractivity contribution in [1.82, 2.24) is 0 Å². The highest BCUT2D eigenvalue weighted by molar-refractivity contribution is 7.86. The van der Waals surface area contributed by atoms with Crippen molar-refractivity contribution in [2.24, 2.45) is 4.99 Å². The molecule has 6 heteroatoms. The fourth-order valence-corrected chi connectivity index (χ4v) is 7.48. The van der Waals surface area contributed by atoms with Gasteiger partial charge >= 0.3 is 0 Å². The van der Waals surface area contributed by atoms with Gasteiger partial charge in [-0.2, -0.15) is 8.42 Å². The minimum Gasteiger partial charge on any atom is -0.363 e. The van der Waals surface area contributed by atoms with E-state index in [0.717, 1.165) is 35.1 Å². The van der Waals surface area contributed by atoms with E-state index >= 15 is 0 Å². The predicted molar refractivity (Wildman–Crippen MR) is 148 cm³/mol. The zero-order valence-corrected chi connectivity index (χ0v) is 23.5. The minimum absolute atomic E-state index is 0.0663. The zero-order chi connectivity index (χ0) is 26.4. The van der Waals surface area contributed by atoms with E-state index < -0.39 is 10.1 Å². The molecule has 2 aliphatic heterocycles. The van der Waals surface area contributed by atoms with Gasteiger partial charge < -0.3 is 4.90 Å². The molecule has 2 aromatic rings. The summed E-state index contributed by atoms with van der Waals surface area (Å²) in [5, 5.41) is 2.31. The molecule has 0 bridgehead atoms. The molecule has 2 aromatic carbocycles. The first kappa shape index (κ1) is 25.2. The Balaban J connectivity index is 1.79. The van der Waals surface area contributed by atoms with Crippen LogP contribution in [0.4, 0.5) is 5.69 Å². The molecule has 2 heterocycles. The maximum atomic E-state index is 11.9. The van der Waals surface area contributed by atoms with E-state index in [2.05, 4.69) is 90.6 Å². The van der Waals surface area contributed by atoms with Crippen molar-refractivity contribution in [3.05, 3.63) is 68.7 Å². The van der Waals surface area contributed by atoms with E-state index in [1.54, 1.807) is 0 Å². The van der Waals surface area contributed by atoms with Crippen LogP contribution in [0.25, 0.3) is 11.6 Å². The first-order valence-electron chi connectivity index (χ1n) is 12.9. The second-order valence-corrected chi connectivity index (χ2v) is 14.0. The summed E-state index contributed by atoms with van der Waals surface area (Å²) in [7, 11) is -4.17. The molecule has 0 radical (unpaired) electrons. The van der Waals surface area contributed by atoms with E-state index in [0.29, 0.717) is 11.5 Å². The molecular weight excluding hydrogens is 468 g/mol.